The van der Waals surface area contributed by atoms with Crippen LogP contribution in [0.3, 0.4) is 0 Å². The molecule has 1 unspecified atom stereocenters. The van der Waals surface area contributed by atoms with E-state index in [4.69, 9.17) is 11.6 Å². The van der Waals surface area contributed by atoms with Crippen LogP contribution in [0, 0.1) is 0 Å². The van der Waals surface area contributed by atoms with Gasteiger partial charge in [-0.3, -0.25) is 4.79 Å². The van der Waals surface area contributed by atoms with Gasteiger partial charge in [0.15, 0.2) is 5.78 Å². The number of carbonyl (C=O) groups is 1. The van der Waals surface area contributed by atoms with E-state index < -0.39 is 0 Å². The normalized spacial score (nSPS) is 12.2. The molecule has 0 amide bonds. The molecule has 0 bridgehead atoms. The number of halogens is 1. The highest BCUT2D eigenvalue weighted by Crippen LogP contribution is 2.35. The Hall–Kier alpha value is -2.84. The maximum Gasteiger partial charge on any atom is 0.163 e. The van der Waals surface area contributed by atoms with E-state index in [1.54, 1.807) is 0 Å². The SMILES string of the molecule is Cn1cc(C(CC(=O)c2ccccc2)c2ccc(Cl)cc2)c2ccccc21. The molecule has 0 aliphatic carbocycles. The lowest BCUT2D eigenvalue weighted by atomic mass is 9.85. The highest BCUT2D eigenvalue weighted by atomic mass is 35.5. The van der Waals surface area contributed by atoms with E-state index in [0.29, 0.717) is 11.4 Å². The summed E-state index contributed by atoms with van der Waals surface area (Å²) in [6, 6.07) is 25.6. The van der Waals surface area contributed by atoms with Crippen LogP contribution < -0.4 is 0 Å². The predicted octanol–water partition coefficient (Wildman–Crippen LogP) is 6.24. The van der Waals surface area contributed by atoms with Gasteiger partial charge < -0.3 is 4.57 Å². The number of ketones is 1. The first-order valence-electron chi connectivity index (χ1n) is 9.01. The lowest BCUT2D eigenvalue weighted by Crippen LogP contribution is -2.09. The van der Waals surface area contributed by atoms with Crippen LogP contribution in [0.25, 0.3) is 10.9 Å². The van der Waals surface area contributed by atoms with E-state index in [2.05, 4.69) is 22.9 Å². The van der Waals surface area contributed by atoms with Crippen LogP contribution in [0.2, 0.25) is 5.02 Å². The molecule has 3 aromatic carbocycles. The average molecular weight is 374 g/mol. The van der Waals surface area contributed by atoms with Crippen molar-refractivity contribution >= 4 is 28.3 Å². The standard InChI is InChI=1S/C24H20ClNO/c1-26-16-22(20-9-5-6-10-23(20)26)21(17-11-13-19(25)14-12-17)15-24(27)18-7-3-2-4-8-18/h2-14,16,21H,15H2,1H3. The number of para-hydroxylation sites is 1. The smallest absolute Gasteiger partial charge is 0.163 e. The minimum Gasteiger partial charge on any atom is -0.350 e. The van der Waals surface area contributed by atoms with Crippen molar-refractivity contribution in [2.75, 3.05) is 0 Å². The number of nitrogens with zero attached hydrogens (tertiary/aromatic N) is 1. The third-order valence-corrected chi connectivity index (χ3v) is 5.31. The van der Waals surface area contributed by atoms with Crippen molar-refractivity contribution in [2.24, 2.45) is 7.05 Å². The van der Waals surface area contributed by atoms with E-state index in [1.165, 1.54) is 16.5 Å². The number of Topliss-reactive ketones (excluding diaryl/α,β-unsaturated/α-hetero) is 1. The summed E-state index contributed by atoms with van der Waals surface area (Å²) in [6.07, 6.45) is 2.56. The number of hydrogen-bond acceptors (Lipinski definition) is 1. The molecule has 134 valence electrons. The molecule has 0 aliphatic rings. The minimum atomic E-state index is -0.0268. The molecule has 0 saturated heterocycles. The van der Waals surface area contributed by atoms with Gasteiger partial charge in [0, 0.05) is 47.1 Å². The molecule has 0 spiro atoms. The first kappa shape index (κ1) is 17.6. The summed E-state index contributed by atoms with van der Waals surface area (Å²) in [5.74, 6) is 0.115. The largest absolute Gasteiger partial charge is 0.350 e. The van der Waals surface area contributed by atoms with Gasteiger partial charge in [0.1, 0.15) is 0 Å². The fourth-order valence-corrected chi connectivity index (χ4v) is 3.81. The number of rotatable bonds is 5. The Kier molecular flexibility index (Phi) is 4.83. The van der Waals surface area contributed by atoms with Crippen molar-refractivity contribution in [3.63, 3.8) is 0 Å². The molecule has 0 aliphatic heterocycles. The second-order valence-corrected chi connectivity index (χ2v) is 7.25. The van der Waals surface area contributed by atoms with Gasteiger partial charge in [-0.1, -0.05) is 72.3 Å². The summed E-state index contributed by atoms with van der Waals surface area (Å²) in [7, 11) is 2.05. The van der Waals surface area contributed by atoms with Gasteiger partial charge in [-0.15, -0.1) is 0 Å². The molecular weight excluding hydrogens is 354 g/mol. The maximum atomic E-state index is 13.0. The number of aryl methyl sites for hydroxylation is 1. The van der Waals surface area contributed by atoms with Gasteiger partial charge in [0.25, 0.3) is 0 Å². The number of hydrogen-bond donors (Lipinski definition) is 0. The Morgan fingerprint density at radius 2 is 1.59 bits per heavy atom. The van der Waals surface area contributed by atoms with Crippen molar-refractivity contribution < 1.29 is 4.79 Å². The molecule has 2 nitrogen and oxygen atoms in total. The van der Waals surface area contributed by atoms with Crippen LogP contribution in [-0.2, 0) is 7.05 Å². The molecule has 0 radical (unpaired) electrons. The maximum absolute atomic E-state index is 13.0. The molecule has 27 heavy (non-hydrogen) atoms. The molecule has 4 rings (SSSR count). The lowest BCUT2D eigenvalue weighted by Gasteiger charge is -2.17. The Balaban J connectivity index is 1.80. The Labute approximate surface area is 164 Å². The van der Waals surface area contributed by atoms with E-state index in [9.17, 15) is 4.79 Å². The minimum absolute atomic E-state index is 0.0268. The first-order chi connectivity index (χ1) is 13.1. The number of fused-ring (bicyclic) bond motifs is 1. The average Bonchev–Trinajstić information content (AvgIpc) is 3.04. The van der Waals surface area contributed by atoms with Crippen molar-refractivity contribution in [2.45, 2.75) is 12.3 Å². The number of carbonyl (C=O) groups excluding carboxylic acids is 1. The van der Waals surface area contributed by atoms with Gasteiger partial charge in [-0.25, -0.2) is 0 Å². The molecule has 1 heterocycles. The van der Waals surface area contributed by atoms with Gasteiger partial charge in [0.05, 0.1) is 0 Å². The zero-order chi connectivity index (χ0) is 18.8. The third-order valence-electron chi connectivity index (χ3n) is 5.06. The molecule has 4 aromatic rings. The summed E-state index contributed by atoms with van der Waals surface area (Å²) in [6.45, 7) is 0. The van der Waals surface area contributed by atoms with Crippen molar-refractivity contribution in [3.8, 4) is 0 Å². The molecular formula is C24H20ClNO. The zero-order valence-corrected chi connectivity index (χ0v) is 15.9. The highest BCUT2D eigenvalue weighted by molar-refractivity contribution is 6.30. The fraction of sp³-hybridized carbons (Fsp3) is 0.125. The third kappa shape index (κ3) is 3.54. The predicted molar refractivity (Wildman–Crippen MR) is 112 cm³/mol. The van der Waals surface area contributed by atoms with Crippen LogP contribution in [0.15, 0.2) is 85.1 Å². The van der Waals surface area contributed by atoms with Crippen LogP contribution in [0.4, 0.5) is 0 Å². The molecule has 0 N–H and O–H groups in total. The van der Waals surface area contributed by atoms with Crippen molar-refractivity contribution in [3.05, 3.63) is 107 Å². The molecule has 0 saturated carbocycles. The summed E-state index contributed by atoms with van der Waals surface area (Å²) in [5, 5.41) is 1.88. The van der Waals surface area contributed by atoms with E-state index in [1.807, 2.05) is 73.8 Å². The van der Waals surface area contributed by atoms with E-state index >= 15 is 0 Å². The number of aromatic nitrogens is 1. The summed E-state index contributed by atoms with van der Waals surface area (Å²) < 4.78 is 2.13. The second kappa shape index (κ2) is 7.42. The van der Waals surface area contributed by atoms with Gasteiger partial charge in [-0.05, 0) is 29.3 Å². The Morgan fingerprint density at radius 1 is 0.926 bits per heavy atom. The number of benzene rings is 3. The highest BCUT2D eigenvalue weighted by Gasteiger charge is 2.22. The molecule has 0 fully saturated rings. The van der Waals surface area contributed by atoms with Crippen LogP contribution in [0.5, 0.6) is 0 Å². The monoisotopic (exact) mass is 373 g/mol. The van der Waals surface area contributed by atoms with Gasteiger partial charge >= 0.3 is 0 Å². The Morgan fingerprint density at radius 3 is 2.33 bits per heavy atom. The topological polar surface area (TPSA) is 22.0 Å². The van der Waals surface area contributed by atoms with Crippen molar-refractivity contribution in [1.29, 1.82) is 0 Å². The summed E-state index contributed by atoms with van der Waals surface area (Å²) >= 11 is 6.09. The van der Waals surface area contributed by atoms with Gasteiger partial charge in [0.2, 0.25) is 0 Å². The molecule has 3 heteroatoms. The second-order valence-electron chi connectivity index (χ2n) is 6.81. The van der Waals surface area contributed by atoms with Crippen LogP contribution >= 0.6 is 11.6 Å². The summed E-state index contributed by atoms with van der Waals surface area (Å²) in [5.41, 5.74) is 4.18. The first-order valence-corrected chi connectivity index (χ1v) is 9.39. The summed E-state index contributed by atoms with van der Waals surface area (Å²) in [4.78, 5) is 13.0. The molecule has 1 atom stereocenters. The zero-order valence-electron chi connectivity index (χ0n) is 15.1. The van der Waals surface area contributed by atoms with E-state index in [0.717, 1.165) is 11.1 Å². The molecule has 1 aromatic heterocycles. The van der Waals surface area contributed by atoms with Crippen LogP contribution in [0.1, 0.15) is 33.8 Å². The van der Waals surface area contributed by atoms with Crippen molar-refractivity contribution in [1.82, 2.24) is 4.57 Å². The van der Waals surface area contributed by atoms with Gasteiger partial charge in [-0.2, -0.15) is 0 Å². The fourth-order valence-electron chi connectivity index (χ4n) is 3.68. The van der Waals surface area contributed by atoms with Crippen LogP contribution in [-0.4, -0.2) is 10.4 Å². The Bertz CT molecular complexity index is 1080. The van der Waals surface area contributed by atoms with E-state index in [-0.39, 0.29) is 11.7 Å². The quantitative estimate of drug-likeness (QED) is 0.380. The lowest BCUT2D eigenvalue weighted by molar-refractivity contribution is 0.0978.